The molecule has 1 aliphatic heterocycles. The summed E-state index contributed by atoms with van der Waals surface area (Å²) >= 11 is 0. The van der Waals surface area contributed by atoms with Gasteiger partial charge in [0.2, 0.25) is 0 Å². The molecule has 1 aromatic carbocycles. The molecule has 0 unspecified atom stereocenters. The van der Waals surface area contributed by atoms with Gasteiger partial charge in [-0.3, -0.25) is 9.67 Å². The number of aryl methyl sites for hydroxylation is 1. The maximum absolute atomic E-state index is 11.7. The number of aliphatic imine (C=N–C) groups is 1. The Morgan fingerprint density at radius 1 is 1.22 bits per heavy atom. The Labute approximate surface area is 217 Å². The second-order valence-corrected chi connectivity index (χ2v) is 8.93. The van der Waals surface area contributed by atoms with E-state index in [1.807, 2.05) is 43.7 Å². The highest BCUT2D eigenvalue weighted by atomic mass is 16.6. The number of rotatable bonds is 11. The third-order valence-corrected chi connectivity index (χ3v) is 6.19. The quantitative estimate of drug-likeness (QED) is 0.294. The minimum absolute atomic E-state index is 0.250. The van der Waals surface area contributed by atoms with Gasteiger partial charge in [-0.15, -0.1) is 0 Å². The number of amides is 1. The fraction of sp³-hybridized carbons (Fsp3) is 0.357. The summed E-state index contributed by atoms with van der Waals surface area (Å²) in [5, 5.41) is 13.2. The Morgan fingerprint density at radius 3 is 2.76 bits per heavy atom. The summed E-state index contributed by atoms with van der Waals surface area (Å²) in [5.41, 5.74) is 5.67. The Bertz CT molecular complexity index is 1330. The van der Waals surface area contributed by atoms with Gasteiger partial charge in [0.15, 0.2) is 5.82 Å². The van der Waals surface area contributed by atoms with Crippen LogP contribution in [0.4, 0.5) is 4.79 Å². The first-order valence-corrected chi connectivity index (χ1v) is 12.6. The van der Waals surface area contributed by atoms with Crippen LogP contribution in [0.5, 0.6) is 0 Å². The van der Waals surface area contributed by atoms with E-state index in [1.165, 1.54) is 0 Å². The molecule has 3 aromatic rings. The summed E-state index contributed by atoms with van der Waals surface area (Å²) in [7, 11) is 3.63. The zero-order valence-electron chi connectivity index (χ0n) is 21.6. The molecule has 9 heteroatoms. The van der Waals surface area contributed by atoms with Crippen LogP contribution in [-0.2, 0) is 11.8 Å². The molecule has 1 fully saturated rings. The van der Waals surface area contributed by atoms with Gasteiger partial charge < -0.3 is 15.0 Å². The topological polar surface area (TPSA) is 109 Å². The molecule has 1 saturated heterocycles. The van der Waals surface area contributed by atoms with Crippen LogP contribution >= 0.6 is 0 Å². The van der Waals surface area contributed by atoms with Crippen molar-refractivity contribution in [1.29, 1.82) is 5.41 Å². The predicted molar refractivity (Wildman–Crippen MR) is 146 cm³/mol. The van der Waals surface area contributed by atoms with Crippen LogP contribution in [-0.4, -0.2) is 69.4 Å². The fourth-order valence-electron chi connectivity index (χ4n) is 4.31. The van der Waals surface area contributed by atoms with E-state index in [0.29, 0.717) is 43.3 Å². The minimum Gasteiger partial charge on any atom is -0.448 e. The van der Waals surface area contributed by atoms with Gasteiger partial charge in [0, 0.05) is 55.9 Å². The average molecular weight is 500 g/mol. The lowest BCUT2D eigenvalue weighted by Crippen LogP contribution is -2.25. The van der Waals surface area contributed by atoms with Gasteiger partial charge in [-0.2, -0.15) is 5.10 Å². The monoisotopic (exact) mass is 499 g/mol. The number of nitrogens with zero attached hydrogens (tertiary/aromatic N) is 6. The Morgan fingerprint density at radius 2 is 2.05 bits per heavy atom. The summed E-state index contributed by atoms with van der Waals surface area (Å²) in [6, 6.07) is 8.04. The van der Waals surface area contributed by atoms with Gasteiger partial charge >= 0.3 is 6.09 Å². The predicted octanol–water partition coefficient (Wildman–Crippen LogP) is 5.03. The molecule has 0 bridgehead atoms. The largest absolute Gasteiger partial charge is 0.448 e. The number of allylic oxidation sites excluding steroid dienone is 2. The molecule has 0 atom stereocenters. The molecular weight excluding hydrogens is 466 g/mol. The number of hydrogen-bond donors (Lipinski definition) is 1. The maximum Gasteiger partial charge on any atom is 0.409 e. The molecule has 0 aliphatic carbocycles. The normalized spacial score (nSPS) is 14.0. The van der Waals surface area contributed by atoms with E-state index < -0.39 is 0 Å². The second-order valence-electron chi connectivity index (χ2n) is 8.93. The third kappa shape index (κ3) is 6.35. The summed E-state index contributed by atoms with van der Waals surface area (Å²) < 4.78 is 6.77. The van der Waals surface area contributed by atoms with Crippen molar-refractivity contribution in [2.75, 3.05) is 26.7 Å². The van der Waals surface area contributed by atoms with Crippen molar-refractivity contribution in [1.82, 2.24) is 24.6 Å². The number of ether oxygens (including phenoxy) is 1. The number of hydrogen-bond acceptors (Lipinski definition) is 7. The van der Waals surface area contributed by atoms with Crippen LogP contribution < -0.4 is 0 Å². The van der Waals surface area contributed by atoms with E-state index in [-0.39, 0.29) is 6.09 Å². The minimum atomic E-state index is -0.250. The number of cyclic esters (lactones) is 1. The molecule has 0 saturated carbocycles. The van der Waals surface area contributed by atoms with Gasteiger partial charge in [-0.25, -0.2) is 14.8 Å². The first kappa shape index (κ1) is 25.9. The van der Waals surface area contributed by atoms with Gasteiger partial charge in [0.25, 0.3) is 0 Å². The number of benzene rings is 1. The number of aromatic nitrogens is 4. The van der Waals surface area contributed by atoms with Crippen molar-refractivity contribution in [2.24, 2.45) is 12.0 Å². The van der Waals surface area contributed by atoms with Crippen LogP contribution in [0.15, 0.2) is 53.9 Å². The Hall–Kier alpha value is -4.14. The van der Waals surface area contributed by atoms with Crippen molar-refractivity contribution in [2.45, 2.75) is 32.6 Å². The van der Waals surface area contributed by atoms with Crippen LogP contribution in [0.3, 0.4) is 0 Å². The summed E-state index contributed by atoms with van der Waals surface area (Å²) in [6.45, 7) is 3.79. The number of unbranched alkanes of at least 4 members (excludes halogenated alkanes) is 1. The molecular formula is C28H33N7O2. The van der Waals surface area contributed by atoms with Crippen molar-refractivity contribution in [3.8, 4) is 22.5 Å². The second kappa shape index (κ2) is 12.2. The summed E-state index contributed by atoms with van der Waals surface area (Å²) in [4.78, 5) is 27.2. The number of carbonyl (C=O) groups excluding carboxylic acids is 1. The van der Waals surface area contributed by atoms with E-state index in [9.17, 15) is 4.79 Å². The molecule has 1 amide bonds. The molecule has 192 valence electrons. The summed E-state index contributed by atoms with van der Waals surface area (Å²) in [6.07, 6.45) is 12.2. The smallest absolute Gasteiger partial charge is 0.409 e. The average Bonchev–Trinajstić information content (AvgIpc) is 3.54. The molecule has 9 nitrogen and oxygen atoms in total. The van der Waals surface area contributed by atoms with Gasteiger partial charge in [-0.1, -0.05) is 31.2 Å². The molecule has 3 heterocycles. The van der Waals surface area contributed by atoms with Crippen LogP contribution in [0.1, 0.15) is 43.9 Å². The summed E-state index contributed by atoms with van der Waals surface area (Å²) in [5.74, 6) is 0.568. The standard InChI is InChI=1S/C28H33N7O2/c1-4-8-22(16-30-2)24-18-31-27(21-10-7-9-20(15-21)23-17-32-34(3)19-23)33-26(24)25(29)11-5-6-12-35-13-14-37-28(35)36/h7-10,15-19,29H,4-6,11-14H2,1-3H3/b22-8+,29-25?,30-16?. The van der Waals surface area contributed by atoms with E-state index in [4.69, 9.17) is 15.1 Å². The highest BCUT2D eigenvalue weighted by Crippen LogP contribution is 2.26. The molecule has 0 radical (unpaired) electrons. The van der Waals surface area contributed by atoms with Crippen molar-refractivity contribution in [3.05, 3.63) is 60.2 Å². The molecule has 1 aliphatic rings. The lowest BCUT2D eigenvalue weighted by Gasteiger charge is -2.14. The van der Waals surface area contributed by atoms with Crippen LogP contribution in [0.25, 0.3) is 28.1 Å². The van der Waals surface area contributed by atoms with E-state index in [1.54, 1.807) is 29.0 Å². The highest BCUT2D eigenvalue weighted by Gasteiger charge is 2.21. The van der Waals surface area contributed by atoms with Crippen LogP contribution in [0, 0.1) is 5.41 Å². The first-order valence-electron chi connectivity index (χ1n) is 12.6. The molecule has 2 aromatic heterocycles. The van der Waals surface area contributed by atoms with Crippen molar-refractivity contribution < 1.29 is 9.53 Å². The molecule has 0 spiro atoms. The maximum atomic E-state index is 11.7. The van der Waals surface area contributed by atoms with Crippen molar-refractivity contribution >= 4 is 23.6 Å². The van der Waals surface area contributed by atoms with Crippen LogP contribution in [0.2, 0.25) is 0 Å². The lowest BCUT2D eigenvalue weighted by atomic mass is 9.99. The van der Waals surface area contributed by atoms with E-state index in [0.717, 1.165) is 47.1 Å². The fourth-order valence-corrected chi connectivity index (χ4v) is 4.31. The Balaban J connectivity index is 1.61. The molecule has 37 heavy (non-hydrogen) atoms. The van der Waals surface area contributed by atoms with E-state index in [2.05, 4.69) is 28.1 Å². The zero-order valence-corrected chi connectivity index (χ0v) is 21.6. The van der Waals surface area contributed by atoms with Gasteiger partial charge in [-0.05, 0) is 42.9 Å². The van der Waals surface area contributed by atoms with E-state index >= 15 is 0 Å². The SMILES string of the molecule is CC/C=C(\C=NC)c1cnc(-c2cccc(-c3cnn(C)c3)c2)nc1C(=N)CCCCN1CCOC1=O. The molecule has 1 N–H and O–H groups in total. The number of nitrogens with one attached hydrogen (secondary N) is 1. The molecule has 4 rings (SSSR count). The highest BCUT2D eigenvalue weighted by molar-refractivity contribution is 6.14. The van der Waals surface area contributed by atoms with Gasteiger partial charge in [0.05, 0.1) is 24.1 Å². The zero-order chi connectivity index (χ0) is 26.2. The first-order chi connectivity index (χ1) is 18.0. The third-order valence-electron chi connectivity index (χ3n) is 6.19. The van der Waals surface area contributed by atoms with Gasteiger partial charge in [0.1, 0.15) is 6.61 Å². The Kier molecular flexibility index (Phi) is 8.56. The van der Waals surface area contributed by atoms with Crippen molar-refractivity contribution in [3.63, 3.8) is 0 Å². The number of carbonyl (C=O) groups is 1. The lowest BCUT2D eigenvalue weighted by molar-refractivity contribution is 0.158.